The van der Waals surface area contributed by atoms with Gasteiger partial charge in [-0.3, -0.25) is 4.90 Å². The number of ether oxygens (including phenoxy) is 1. The van der Waals surface area contributed by atoms with E-state index in [-0.39, 0.29) is 0 Å². The Morgan fingerprint density at radius 1 is 1.13 bits per heavy atom. The molecule has 1 aliphatic rings. The molecule has 0 bridgehead atoms. The molecule has 1 saturated heterocycles. The lowest BCUT2D eigenvalue weighted by Gasteiger charge is -2.26. The zero-order valence-corrected chi connectivity index (χ0v) is 9.41. The summed E-state index contributed by atoms with van der Waals surface area (Å²) in [5.74, 6) is 1.02. The molecule has 0 unspecified atom stereocenters. The molecule has 0 N–H and O–H groups in total. The van der Waals surface area contributed by atoms with Crippen LogP contribution in [0.15, 0.2) is 24.3 Å². The van der Waals surface area contributed by atoms with Crippen LogP contribution in [0, 0.1) is 6.92 Å². The molecule has 0 saturated carbocycles. The molecular formula is C13H19NO. The quantitative estimate of drug-likeness (QED) is 0.752. The van der Waals surface area contributed by atoms with Crippen molar-refractivity contribution in [3.05, 3.63) is 29.8 Å². The Morgan fingerprint density at radius 3 is 2.60 bits per heavy atom. The number of piperidine rings is 1. The van der Waals surface area contributed by atoms with E-state index < -0.39 is 0 Å². The first kappa shape index (κ1) is 10.5. The van der Waals surface area contributed by atoms with Crippen molar-refractivity contribution in [2.45, 2.75) is 26.2 Å². The van der Waals surface area contributed by atoms with E-state index in [1.54, 1.807) is 0 Å². The molecule has 0 amide bonds. The molecule has 1 aliphatic heterocycles. The number of likely N-dealkylation sites (tertiary alicyclic amines) is 1. The van der Waals surface area contributed by atoms with Crippen molar-refractivity contribution >= 4 is 0 Å². The largest absolute Gasteiger partial charge is 0.478 e. The topological polar surface area (TPSA) is 12.5 Å². The standard InChI is InChI=1S/C13H19NO/c1-12-7-3-4-8-13(12)15-11-14-9-5-2-6-10-14/h3-4,7-8H,2,5-6,9-11H2,1H3. The highest BCUT2D eigenvalue weighted by Crippen LogP contribution is 2.17. The summed E-state index contributed by atoms with van der Waals surface area (Å²) in [4.78, 5) is 2.38. The third kappa shape index (κ3) is 2.96. The van der Waals surface area contributed by atoms with E-state index in [4.69, 9.17) is 4.74 Å². The molecule has 1 fully saturated rings. The molecular weight excluding hydrogens is 186 g/mol. The first-order valence-electron chi connectivity index (χ1n) is 5.77. The van der Waals surface area contributed by atoms with E-state index in [9.17, 15) is 0 Å². The summed E-state index contributed by atoms with van der Waals surface area (Å²) >= 11 is 0. The minimum atomic E-state index is 0.741. The number of hydrogen-bond donors (Lipinski definition) is 0. The maximum Gasteiger partial charge on any atom is 0.142 e. The maximum absolute atomic E-state index is 5.80. The van der Waals surface area contributed by atoms with Gasteiger partial charge in [0.2, 0.25) is 0 Å². The van der Waals surface area contributed by atoms with Crippen molar-refractivity contribution in [1.29, 1.82) is 0 Å². The van der Waals surface area contributed by atoms with Gasteiger partial charge in [-0.2, -0.15) is 0 Å². The van der Waals surface area contributed by atoms with Gasteiger partial charge < -0.3 is 4.74 Å². The zero-order valence-electron chi connectivity index (χ0n) is 9.41. The number of benzene rings is 1. The van der Waals surface area contributed by atoms with E-state index in [0.717, 1.165) is 12.5 Å². The van der Waals surface area contributed by atoms with Crippen LogP contribution in [0.4, 0.5) is 0 Å². The lowest BCUT2D eigenvalue weighted by atomic mass is 10.1. The number of rotatable bonds is 3. The smallest absolute Gasteiger partial charge is 0.142 e. The van der Waals surface area contributed by atoms with Crippen LogP contribution in [-0.2, 0) is 0 Å². The molecule has 1 aromatic carbocycles. The number of aryl methyl sites for hydroxylation is 1. The van der Waals surface area contributed by atoms with Gasteiger partial charge in [0.1, 0.15) is 12.5 Å². The van der Waals surface area contributed by atoms with Crippen molar-refractivity contribution in [2.24, 2.45) is 0 Å². The van der Waals surface area contributed by atoms with Gasteiger partial charge in [-0.05, 0) is 31.4 Å². The highest BCUT2D eigenvalue weighted by atomic mass is 16.5. The molecule has 82 valence electrons. The van der Waals surface area contributed by atoms with Gasteiger partial charge in [0.15, 0.2) is 0 Å². The van der Waals surface area contributed by atoms with Crippen LogP contribution in [-0.4, -0.2) is 24.7 Å². The van der Waals surface area contributed by atoms with Crippen LogP contribution in [0.25, 0.3) is 0 Å². The van der Waals surface area contributed by atoms with Crippen molar-refractivity contribution in [1.82, 2.24) is 4.90 Å². The summed E-state index contributed by atoms with van der Waals surface area (Å²) in [5, 5.41) is 0. The summed E-state index contributed by atoms with van der Waals surface area (Å²) in [7, 11) is 0. The summed E-state index contributed by atoms with van der Waals surface area (Å²) < 4.78 is 5.80. The van der Waals surface area contributed by atoms with E-state index in [2.05, 4.69) is 17.9 Å². The third-order valence-electron chi connectivity index (χ3n) is 2.94. The third-order valence-corrected chi connectivity index (χ3v) is 2.94. The van der Waals surface area contributed by atoms with E-state index in [1.165, 1.54) is 37.9 Å². The summed E-state index contributed by atoms with van der Waals surface area (Å²) in [6, 6.07) is 8.20. The van der Waals surface area contributed by atoms with Gasteiger partial charge >= 0.3 is 0 Å². The van der Waals surface area contributed by atoms with Crippen LogP contribution in [0.2, 0.25) is 0 Å². The van der Waals surface area contributed by atoms with Gasteiger partial charge in [-0.1, -0.05) is 24.6 Å². The monoisotopic (exact) mass is 205 g/mol. The van der Waals surface area contributed by atoms with Crippen molar-refractivity contribution in [3.8, 4) is 5.75 Å². The highest BCUT2D eigenvalue weighted by Gasteiger charge is 2.10. The Bertz CT molecular complexity index is 305. The van der Waals surface area contributed by atoms with Crippen LogP contribution in [0.1, 0.15) is 24.8 Å². The normalized spacial score (nSPS) is 17.7. The van der Waals surface area contributed by atoms with Crippen LogP contribution >= 0.6 is 0 Å². The average molecular weight is 205 g/mol. The summed E-state index contributed by atoms with van der Waals surface area (Å²) in [6.07, 6.45) is 4.01. The second-order valence-corrected chi connectivity index (χ2v) is 4.22. The maximum atomic E-state index is 5.80. The zero-order chi connectivity index (χ0) is 10.5. The average Bonchev–Trinajstić information content (AvgIpc) is 2.29. The molecule has 1 heterocycles. The van der Waals surface area contributed by atoms with Crippen LogP contribution in [0.3, 0.4) is 0 Å². The summed E-state index contributed by atoms with van der Waals surface area (Å²) in [5.41, 5.74) is 1.22. The number of nitrogens with zero attached hydrogens (tertiary/aromatic N) is 1. The minimum absolute atomic E-state index is 0.741. The van der Waals surface area contributed by atoms with Crippen LogP contribution in [0.5, 0.6) is 5.75 Å². The molecule has 2 nitrogen and oxygen atoms in total. The number of hydrogen-bond acceptors (Lipinski definition) is 2. The fraction of sp³-hybridized carbons (Fsp3) is 0.538. The molecule has 0 aliphatic carbocycles. The Morgan fingerprint density at radius 2 is 1.87 bits per heavy atom. The Labute approximate surface area is 91.9 Å². The van der Waals surface area contributed by atoms with Crippen molar-refractivity contribution in [3.63, 3.8) is 0 Å². The molecule has 0 radical (unpaired) electrons. The van der Waals surface area contributed by atoms with Crippen LogP contribution < -0.4 is 4.74 Å². The predicted molar refractivity (Wildman–Crippen MR) is 62.1 cm³/mol. The second-order valence-electron chi connectivity index (χ2n) is 4.22. The molecule has 2 heteroatoms. The summed E-state index contributed by atoms with van der Waals surface area (Å²) in [6.45, 7) is 5.20. The fourth-order valence-corrected chi connectivity index (χ4v) is 1.97. The molecule has 0 spiro atoms. The van der Waals surface area contributed by atoms with Gasteiger partial charge in [-0.25, -0.2) is 0 Å². The second kappa shape index (κ2) is 5.17. The number of para-hydroxylation sites is 1. The fourth-order valence-electron chi connectivity index (χ4n) is 1.97. The van der Waals surface area contributed by atoms with Crippen molar-refractivity contribution in [2.75, 3.05) is 19.8 Å². The highest BCUT2D eigenvalue weighted by molar-refractivity contribution is 5.31. The Balaban J connectivity index is 1.84. The van der Waals surface area contributed by atoms with Gasteiger partial charge in [0, 0.05) is 13.1 Å². The Kier molecular flexibility index (Phi) is 3.62. The van der Waals surface area contributed by atoms with Crippen molar-refractivity contribution < 1.29 is 4.74 Å². The molecule has 2 rings (SSSR count). The van der Waals surface area contributed by atoms with Gasteiger partial charge in [-0.15, -0.1) is 0 Å². The molecule has 0 aromatic heterocycles. The van der Waals surface area contributed by atoms with E-state index in [1.807, 2.05) is 18.2 Å². The molecule has 0 atom stereocenters. The van der Waals surface area contributed by atoms with Gasteiger partial charge in [0.05, 0.1) is 0 Å². The van der Waals surface area contributed by atoms with E-state index >= 15 is 0 Å². The lowest BCUT2D eigenvalue weighted by molar-refractivity contribution is 0.106. The molecule has 15 heavy (non-hydrogen) atoms. The SMILES string of the molecule is Cc1ccccc1OCN1CCCCC1. The first-order valence-corrected chi connectivity index (χ1v) is 5.77. The molecule has 1 aromatic rings. The lowest BCUT2D eigenvalue weighted by Crippen LogP contribution is -2.33. The minimum Gasteiger partial charge on any atom is -0.478 e. The predicted octanol–water partition coefficient (Wildman–Crippen LogP) is 2.82. The first-order chi connectivity index (χ1) is 7.36. The van der Waals surface area contributed by atoms with E-state index in [0.29, 0.717) is 0 Å². The Hall–Kier alpha value is -1.02. The van der Waals surface area contributed by atoms with Gasteiger partial charge in [0.25, 0.3) is 0 Å².